The number of hydrogen-bond donors (Lipinski definition) is 2. The molecular weight excluding hydrogens is 354 g/mol. The molecule has 0 radical (unpaired) electrons. The Morgan fingerprint density at radius 2 is 1.57 bits per heavy atom. The smallest absolute Gasteiger partial charge is 0.253 e. The first-order valence-corrected chi connectivity index (χ1v) is 9.66. The third kappa shape index (κ3) is 5.42. The van der Waals surface area contributed by atoms with Gasteiger partial charge in [-0.05, 0) is 49.6 Å². The lowest BCUT2D eigenvalue weighted by molar-refractivity contribution is -0.116. The number of benzene rings is 2. The second-order valence-corrected chi connectivity index (χ2v) is 6.85. The molecule has 1 saturated heterocycles. The molecule has 3 rings (SSSR count). The Labute approximate surface area is 164 Å². The molecule has 1 aliphatic rings. The van der Waals surface area contributed by atoms with Gasteiger partial charge in [0.1, 0.15) is 0 Å². The highest BCUT2D eigenvalue weighted by molar-refractivity contribution is 5.97. The van der Waals surface area contributed by atoms with Gasteiger partial charge in [-0.3, -0.25) is 14.4 Å². The quantitative estimate of drug-likeness (QED) is 0.810. The Bertz CT molecular complexity index is 830. The number of carbonyl (C=O) groups is 3. The fourth-order valence-electron chi connectivity index (χ4n) is 3.21. The molecule has 0 saturated carbocycles. The number of likely N-dealkylation sites (tertiary alicyclic amines) is 1. The van der Waals surface area contributed by atoms with E-state index in [9.17, 15) is 14.4 Å². The molecule has 6 nitrogen and oxygen atoms in total. The Kier molecular flexibility index (Phi) is 6.78. The largest absolute Gasteiger partial charge is 0.352 e. The van der Waals surface area contributed by atoms with E-state index in [1.807, 2.05) is 11.0 Å². The van der Waals surface area contributed by atoms with Crippen LogP contribution in [0.4, 0.5) is 5.69 Å². The van der Waals surface area contributed by atoms with Gasteiger partial charge < -0.3 is 15.5 Å². The number of nitrogens with one attached hydrogen (secondary N) is 2. The van der Waals surface area contributed by atoms with E-state index in [0.717, 1.165) is 25.9 Å². The maximum absolute atomic E-state index is 12.6. The summed E-state index contributed by atoms with van der Waals surface area (Å²) in [6, 6.07) is 15.9. The molecular formula is C22H25N3O3. The van der Waals surface area contributed by atoms with E-state index in [-0.39, 0.29) is 30.7 Å². The minimum absolute atomic E-state index is 0.00548. The van der Waals surface area contributed by atoms with Crippen molar-refractivity contribution in [3.8, 4) is 0 Å². The van der Waals surface area contributed by atoms with Gasteiger partial charge in [0, 0.05) is 42.9 Å². The zero-order chi connectivity index (χ0) is 19.8. The van der Waals surface area contributed by atoms with Gasteiger partial charge in [0.25, 0.3) is 11.8 Å². The van der Waals surface area contributed by atoms with Crippen molar-refractivity contribution in [3.63, 3.8) is 0 Å². The van der Waals surface area contributed by atoms with Crippen LogP contribution in [0.5, 0.6) is 0 Å². The summed E-state index contributed by atoms with van der Waals surface area (Å²) in [6.07, 6.45) is 3.40. The third-order valence-corrected chi connectivity index (χ3v) is 4.71. The monoisotopic (exact) mass is 379 g/mol. The summed E-state index contributed by atoms with van der Waals surface area (Å²) in [7, 11) is 0. The van der Waals surface area contributed by atoms with E-state index in [1.54, 1.807) is 48.5 Å². The first-order valence-electron chi connectivity index (χ1n) is 9.66. The van der Waals surface area contributed by atoms with Crippen molar-refractivity contribution >= 4 is 23.4 Å². The third-order valence-electron chi connectivity index (χ3n) is 4.71. The molecule has 0 aromatic heterocycles. The summed E-state index contributed by atoms with van der Waals surface area (Å²) in [5.74, 6) is -0.413. The molecule has 1 aliphatic heterocycles. The number of rotatable bonds is 6. The predicted molar refractivity (Wildman–Crippen MR) is 108 cm³/mol. The molecule has 146 valence electrons. The van der Waals surface area contributed by atoms with Gasteiger partial charge in [-0.15, -0.1) is 0 Å². The van der Waals surface area contributed by atoms with E-state index in [4.69, 9.17) is 0 Å². The van der Waals surface area contributed by atoms with Crippen LogP contribution in [-0.2, 0) is 4.79 Å². The standard InChI is InChI=1S/C22H25N3O3/c26-20(12-13-23-21(27)17-8-3-1-4-9-17)24-19-11-7-10-18(16-19)22(28)25-14-5-2-6-15-25/h1,3-4,7-11,16H,2,5-6,12-15H2,(H,23,27)(H,24,26). The lowest BCUT2D eigenvalue weighted by Gasteiger charge is -2.26. The molecule has 0 spiro atoms. The van der Waals surface area contributed by atoms with Gasteiger partial charge in [-0.25, -0.2) is 0 Å². The van der Waals surface area contributed by atoms with E-state index < -0.39 is 0 Å². The highest BCUT2D eigenvalue weighted by Gasteiger charge is 2.18. The zero-order valence-corrected chi connectivity index (χ0v) is 15.8. The number of nitrogens with zero attached hydrogens (tertiary/aromatic N) is 1. The van der Waals surface area contributed by atoms with E-state index in [0.29, 0.717) is 16.8 Å². The minimum Gasteiger partial charge on any atom is -0.352 e. The van der Waals surface area contributed by atoms with Gasteiger partial charge in [0.15, 0.2) is 0 Å². The highest BCUT2D eigenvalue weighted by Crippen LogP contribution is 2.16. The van der Waals surface area contributed by atoms with Crippen molar-refractivity contribution < 1.29 is 14.4 Å². The number of amides is 3. The van der Waals surface area contributed by atoms with E-state index in [1.165, 1.54) is 6.42 Å². The van der Waals surface area contributed by atoms with Crippen molar-refractivity contribution in [1.29, 1.82) is 0 Å². The maximum atomic E-state index is 12.6. The van der Waals surface area contributed by atoms with Crippen LogP contribution in [0.1, 0.15) is 46.4 Å². The van der Waals surface area contributed by atoms with Crippen LogP contribution in [0.25, 0.3) is 0 Å². The lowest BCUT2D eigenvalue weighted by atomic mass is 10.1. The number of hydrogen-bond acceptors (Lipinski definition) is 3. The predicted octanol–water partition coefficient (Wildman–Crippen LogP) is 3.07. The van der Waals surface area contributed by atoms with Gasteiger partial charge in [-0.1, -0.05) is 24.3 Å². The van der Waals surface area contributed by atoms with Crippen LogP contribution in [0, 0.1) is 0 Å². The highest BCUT2D eigenvalue weighted by atomic mass is 16.2. The maximum Gasteiger partial charge on any atom is 0.253 e. The van der Waals surface area contributed by atoms with Crippen LogP contribution in [0.15, 0.2) is 54.6 Å². The van der Waals surface area contributed by atoms with Crippen LogP contribution in [-0.4, -0.2) is 42.3 Å². The average molecular weight is 379 g/mol. The molecule has 1 heterocycles. The molecule has 2 aromatic carbocycles. The van der Waals surface area contributed by atoms with Crippen LogP contribution in [0.2, 0.25) is 0 Å². The second kappa shape index (κ2) is 9.69. The molecule has 0 unspecified atom stereocenters. The summed E-state index contributed by atoms with van der Waals surface area (Å²) in [5, 5.41) is 5.52. The Hall–Kier alpha value is -3.15. The van der Waals surface area contributed by atoms with Crippen molar-refractivity contribution in [2.75, 3.05) is 25.0 Å². The van der Waals surface area contributed by atoms with Crippen LogP contribution < -0.4 is 10.6 Å². The second-order valence-electron chi connectivity index (χ2n) is 6.85. The summed E-state index contributed by atoms with van der Waals surface area (Å²) in [6.45, 7) is 1.82. The Morgan fingerprint density at radius 3 is 2.32 bits per heavy atom. The van der Waals surface area contributed by atoms with Crippen LogP contribution >= 0.6 is 0 Å². The molecule has 0 bridgehead atoms. The molecule has 0 aliphatic carbocycles. The van der Waals surface area contributed by atoms with Crippen molar-refractivity contribution in [2.24, 2.45) is 0 Å². The normalized spacial score (nSPS) is 13.6. The molecule has 2 aromatic rings. The van der Waals surface area contributed by atoms with Crippen molar-refractivity contribution in [2.45, 2.75) is 25.7 Å². The lowest BCUT2D eigenvalue weighted by Crippen LogP contribution is -2.35. The van der Waals surface area contributed by atoms with Gasteiger partial charge >= 0.3 is 0 Å². The first-order chi connectivity index (χ1) is 13.6. The molecule has 28 heavy (non-hydrogen) atoms. The molecule has 1 fully saturated rings. The number of anilines is 1. The molecule has 0 atom stereocenters. The molecule has 3 amide bonds. The fourth-order valence-corrected chi connectivity index (χ4v) is 3.21. The summed E-state index contributed by atoms with van der Waals surface area (Å²) in [5.41, 5.74) is 1.73. The topological polar surface area (TPSA) is 78.5 Å². The van der Waals surface area contributed by atoms with Crippen molar-refractivity contribution in [3.05, 3.63) is 65.7 Å². The SMILES string of the molecule is O=C(CCNC(=O)c1ccccc1)Nc1cccc(C(=O)N2CCCCC2)c1. The fraction of sp³-hybridized carbons (Fsp3) is 0.318. The summed E-state index contributed by atoms with van der Waals surface area (Å²) in [4.78, 5) is 38.6. The average Bonchev–Trinajstić information content (AvgIpc) is 2.74. The zero-order valence-electron chi connectivity index (χ0n) is 15.8. The molecule has 2 N–H and O–H groups in total. The summed E-state index contributed by atoms with van der Waals surface area (Å²) < 4.78 is 0. The number of carbonyl (C=O) groups excluding carboxylic acids is 3. The molecule has 6 heteroatoms. The van der Waals surface area contributed by atoms with Crippen LogP contribution in [0.3, 0.4) is 0 Å². The number of piperidine rings is 1. The van der Waals surface area contributed by atoms with E-state index in [2.05, 4.69) is 10.6 Å². The Morgan fingerprint density at radius 1 is 0.857 bits per heavy atom. The van der Waals surface area contributed by atoms with Gasteiger partial charge in [0.05, 0.1) is 0 Å². The first kappa shape index (κ1) is 19.6. The van der Waals surface area contributed by atoms with E-state index >= 15 is 0 Å². The summed E-state index contributed by atoms with van der Waals surface area (Å²) >= 11 is 0. The Balaban J connectivity index is 1.48. The van der Waals surface area contributed by atoms with Gasteiger partial charge in [0.2, 0.25) is 5.91 Å². The van der Waals surface area contributed by atoms with Crippen molar-refractivity contribution in [1.82, 2.24) is 10.2 Å². The minimum atomic E-state index is -0.212. The van der Waals surface area contributed by atoms with Gasteiger partial charge in [-0.2, -0.15) is 0 Å².